The summed E-state index contributed by atoms with van der Waals surface area (Å²) in [6.07, 6.45) is 3.43. The Balaban J connectivity index is 2.07. The third kappa shape index (κ3) is 1.03. The highest BCUT2D eigenvalue weighted by molar-refractivity contribution is 5.72. The largest absolute Gasteiger partial charge is 0.351 e. The highest BCUT2D eigenvalue weighted by Gasteiger charge is 2.41. The van der Waals surface area contributed by atoms with Crippen LogP contribution in [0, 0.1) is 0 Å². The van der Waals surface area contributed by atoms with Crippen molar-refractivity contribution in [1.29, 1.82) is 0 Å². The highest BCUT2D eigenvalue weighted by atomic mass is 16.5. The Morgan fingerprint density at radius 2 is 2.67 bits per heavy atom. The van der Waals surface area contributed by atoms with Gasteiger partial charge in [-0.1, -0.05) is 5.10 Å². The molecule has 2 aliphatic heterocycles. The predicted molar refractivity (Wildman–Crippen MR) is 44.1 cm³/mol. The van der Waals surface area contributed by atoms with Crippen molar-refractivity contribution in [3.8, 4) is 0 Å². The van der Waals surface area contributed by atoms with Crippen molar-refractivity contribution < 1.29 is 9.75 Å². The summed E-state index contributed by atoms with van der Waals surface area (Å²) in [4.78, 5) is 0. The minimum atomic E-state index is -0.130. The van der Waals surface area contributed by atoms with Gasteiger partial charge in [-0.25, -0.2) is 0 Å². The van der Waals surface area contributed by atoms with E-state index in [1.807, 2.05) is 13.0 Å². The zero-order chi connectivity index (χ0) is 8.55. The maximum absolute atomic E-state index is 5.87. The van der Waals surface area contributed by atoms with Gasteiger partial charge in [-0.05, 0) is 6.92 Å². The number of hydrogen-bond donors (Lipinski definition) is 3. The van der Waals surface area contributed by atoms with Crippen LogP contribution in [0.2, 0.25) is 0 Å². The van der Waals surface area contributed by atoms with E-state index in [9.17, 15) is 0 Å². The van der Waals surface area contributed by atoms with Crippen LogP contribution in [0.25, 0.3) is 0 Å². The molecule has 66 valence electrons. The van der Waals surface area contributed by atoms with Gasteiger partial charge in [-0.2, -0.15) is 0 Å². The molecule has 0 spiro atoms. The Hall–Kier alpha value is -0.910. The standard InChI is InChI=1S/C7H12N4O/c1-2-12-7-6(8)11-5(10-7)3-4-9-11/h3-4,6-7,10H,2,8H2,1H3/p+1. The van der Waals surface area contributed by atoms with Gasteiger partial charge in [-0.15, -0.1) is 5.01 Å². The van der Waals surface area contributed by atoms with Crippen molar-refractivity contribution in [2.24, 2.45) is 10.8 Å². The van der Waals surface area contributed by atoms with E-state index in [1.165, 1.54) is 0 Å². The summed E-state index contributed by atoms with van der Waals surface area (Å²) >= 11 is 0. The number of fused-ring (bicyclic) bond motifs is 1. The van der Waals surface area contributed by atoms with Crippen molar-refractivity contribution >= 4 is 6.21 Å². The molecule has 0 aromatic heterocycles. The molecule has 1 fully saturated rings. The lowest BCUT2D eigenvalue weighted by molar-refractivity contribution is -0.883. The summed E-state index contributed by atoms with van der Waals surface area (Å²) in [6, 6.07) is 0. The topological polar surface area (TPSA) is 64.1 Å². The molecule has 0 aromatic carbocycles. The van der Waals surface area contributed by atoms with Crippen molar-refractivity contribution in [2.75, 3.05) is 6.61 Å². The van der Waals surface area contributed by atoms with Crippen LogP contribution in [-0.4, -0.2) is 25.2 Å². The van der Waals surface area contributed by atoms with E-state index in [2.05, 4.69) is 10.4 Å². The SMILES string of the molecule is CCOC1NC2=CC=N[NH+]2C1N. The maximum atomic E-state index is 5.87. The zero-order valence-corrected chi connectivity index (χ0v) is 6.95. The minimum absolute atomic E-state index is 0.103. The second-order valence-corrected chi connectivity index (χ2v) is 2.79. The molecule has 0 saturated carbocycles. The van der Waals surface area contributed by atoms with Crippen LogP contribution < -0.4 is 16.1 Å². The maximum Gasteiger partial charge on any atom is 0.231 e. The Morgan fingerprint density at radius 3 is 3.33 bits per heavy atom. The van der Waals surface area contributed by atoms with Gasteiger partial charge in [0, 0.05) is 12.7 Å². The number of ether oxygens (including phenoxy) is 1. The summed E-state index contributed by atoms with van der Waals surface area (Å²) in [5.74, 6) is 1.00. The van der Waals surface area contributed by atoms with Gasteiger partial charge in [0.1, 0.15) is 0 Å². The van der Waals surface area contributed by atoms with Crippen LogP contribution in [0.1, 0.15) is 6.92 Å². The molecule has 0 bridgehead atoms. The number of rotatable bonds is 2. The molecule has 0 aliphatic carbocycles. The molecule has 5 nitrogen and oxygen atoms in total. The summed E-state index contributed by atoms with van der Waals surface area (Å²) in [7, 11) is 0. The van der Waals surface area contributed by atoms with Crippen LogP contribution in [0.5, 0.6) is 0 Å². The molecule has 3 atom stereocenters. The summed E-state index contributed by atoms with van der Waals surface area (Å²) in [5.41, 5.74) is 5.87. The molecule has 5 heteroatoms. The van der Waals surface area contributed by atoms with Crippen LogP contribution in [0.15, 0.2) is 17.0 Å². The van der Waals surface area contributed by atoms with Crippen LogP contribution >= 0.6 is 0 Å². The summed E-state index contributed by atoms with van der Waals surface area (Å²) in [6.45, 7) is 2.61. The highest BCUT2D eigenvalue weighted by Crippen LogP contribution is 2.01. The molecular formula is C7H13N4O+. The first kappa shape index (κ1) is 7.72. The second-order valence-electron chi connectivity index (χ2n) is 2.79. The van der Waals surface area contributed by atoms with E-state index >= 15 is 0 Å². The number of nitrogens with zero attached hydrogens (tertiary/aromatic N) is 1. The molecule has 12 heavy (non-hydrogen) atoms. The van der Waals surface area contributed by atoms with Gasteiger partial charge < -0.3 is 10.1 Å². The van der Waals surface area contributed by atoms with Gasteiger partial charge in [0.25, 0.3) is 0 Å². The fourth-order valence-corrected chi connectivity index (χ4v) is 1.45. The van der Waals surface area contributed by atoms with Gasteiger partial charge in [-0.3, -0.25) is 5.73 Å². The minimum Gasteiger partial charge on any atom is -0.351 e. The first-order chi connectivity index (χ1) is 5.83. The van der Waals surface area contributed by atoms with E-state index in [4.69, 9.17) is 10.5 Å². The lowest BCUT2D eigenvalue weighted by Gasteiger charge is -2.12. The summed E-state index contributed by atoms with van der Waals surface area (Å²) < 4.78 is 5.38. The number of quaternary nitrogens is 1. The molecule has 0 aromatic rings. The average Bonchev–Trinajstić information content (AvgIpc) is 2.58. The van der Waals surface area contributed by atoms with E-state index in [1.54, 1.807) is 6.21 Å². The van der Waals surface area contributed by atoms with E-state index < -0.39 is 0 Å². The van der Waals surface area contributed by atoms with E-state index in [0.717, 1.165) is 10.8 Å². The van der Waals surface area contributed by atoms with E-state index in [-0.39, 0.29) is 12.4 Å². The van der Waals surface area contributed by atoms with Gasteiger partial charge in [0.15, 0.2) is 0 Å². The second kappa shape index (κ2) is 2.85. The van der Waals surface area contributed by atoms with Crippen molar-refractivity contribution in [1.82, 2.24) is 5.32 Å². The lowest BCUT2D eigenvalue weighted by atomic mass is 10.5. The third-order valence-electron chi connectivity index (χ3n) is 2.02. The molecule has 0 amide bonds. The third-order valence-corrected chi connectivity index (χ3v) is 2.02. The number of hydrogen-bond acceptors (Lipinski definition) is 4. The Kier molecular flexibility index (Phi) is 1.84. The van der Waals surface area contributed by atoms with Crippen LogP contribution in [0.3, 0.4) is 0 Å². The fraction of sp³-hybridized carbons (Fsp3) is 0.571. The summed E-state index contributed by atoms with van der Waals surface area (Å²) in [5, 5.41) is 8.21. The van der Waals surface area contributed by atoms with Crippen molar-refractivity contribution in [3.63, 3.8) is 0 Å². The number of nitrogens with one attached hydrogen (secondary N) is 2. The molecular weight excluding hydrogens is 156 g/mol. The van der Waals surface area contributed by atoms with E-state index in [0.29, 0.717) is 6.61 Å². The average molecular weight is 169 g/mol. The monoisotopic (exact) mass is 169 g/mol. The molecule has 2 heterocycles. The Morgan fingerprint density at radius 1 is 1.83 bits per heavy atom. The molecule has 0 radical (unpaired) electrons. The number of allylic oxidation sites excluding steroid dienone is 1. The van der Waals surface area contributed by atoms with Crippen molar-refractivity contribution in [3.05, 3.63) is 11.9 Å². The normalized spacial score (nSPS) is 37.8. The molecule has 1 saturated heterocycles. The van der Waals surface area contributed by atoms with Crippen LogP contribution in [0.4, 0.5) is 0 Å². The quantitative estimate of drug-likeness (QED) is 0.446. The Bertz CT molecular complexity index is 238. The zero-order valence-electron chi connectivity index (χ0n) is 6.95. The van der Waals surface area contributed by atoms with Crippen LogP contribution in [-0.2, 0) is 4.74 Å². The molecule has 3 unspecified atom stereocenters. The van der Waals surface area contributed by atoms with Gasteiger partial charge >= 0.3 is 0 Å². The number of nitrogens with two attached hydrogens (primary N) is 1. The van der Waals surface area contributed by atoms with Gasteiger partial charge in [0.05, 0.1) is 6.21 Å². The van der Waals surface area contributed by atoms with Crippen molar-refractivity contribution in [2.45, 2.75) is 19.3 Å². The smallest absolute Gasteiger partial charge is 0.231 e. The fourth-order valence-electron chi connectivity index (χ4n) is 1.45. The van der Waals surface area contributed by atoms with Gasteiger partial charge in [0.2, 0.25) is 18.2 Å². The first-order valence-corrected chi connectivity index (χ1v) is 4.08. The predicted octanol–water partition coefficient (Wildman–Crippen LogP) is -2.04. The molecule has 4 N–H and O–H groups in total. The molecule has 2 aliphatic rings. The lowest BCUT2D eigenvalue weighted by Crippen LogP contribution is -3.09. The molecule has 2 rings (SSSR count). The first-order valence-electron chi connectivity index (χ1n) is 4.08. The Labute approximate surface area is 70.9 Å².